The Bertz CT molecular complexity index is 390. The highest BCUT2D eigenvalue weighted by Crippen LogP contribution is 2.22. The lowest BCUT2D eigenvalue weighted by atomic mass is 10.0. The van der Waals surface area contributed by atoms with Gasteiger partial charge >= 0.3 is 0 Å². The molecule has 19 heavy (non-hydrogen) atoms. The number of morpholine rings is 1. The van der Waals surface area contributed by atoms with Gasteiger partial charge < -0.3 is 15.4 Å². The number of nitrogens with zero attached hydrogens (tertiary/aromatic N) is 1. The van der Waals surface area contributed by atoms with Gasteiger partial charge in [0.1, 0.15) is 0 Å². The van der Waals surface area contributed by atoms with Crippen LogP contribution in [0.15, 0.2) is 24.3 Å². The van der Waals surface area contributed by atoms with Gasteiger partial charge in [-0.3, -0.25) is 0 Å². The van der Waals surface area contributed by atoms with Gasteiger partial charge in [0.2, 0.25) is 0 Å². The first-order valence-corrected chi connectivity index (χ1v) is 7.33. The minimum atomic E-state index is 0.271. The summed E-state index contributed by atoms with van der Waals surface area (Å²) in [7, 11) is 0. The molecule has 0 radical (unpaired) electrons. The molecular formula is C16H26N2O. The Hall–Kier alpha value is -1.06. The molecule has 3 unspecified atom stereocenters. The molecule has 1 aromatic carbocycles. The van der Waals surface area contributed by atoms with Crippen molar-refractivity contribution in [2.24, 2.45) is 5.73 Å². The molecule has 3 heteroatoms. The highest BCUT2D eigenvalue weighted by molar-refractivity contribution is 5.49. The smallest absolute Gasteiger partial charge is 0.0723 e. The van der Waals surface area contributed by atoms with E-state index in [0.717, 1.165) is 26.0 Å². The van der Waals surface area contributed by atoms with Gasteiger partial charge in [-0.25, -0.2) is 0 Å². The molecule has 0 spiro atoms. The minimum Gasteiger partial charge on any atom is -0.375 e. The summed E-state index contributed by atoms with van der Waals surface area (Å²) in [6.45, 7) is 8.26. The van der Waals surface area contributed by atoms with E-state index in [1.54, 1.807) is 0 Å². The van der Waals surface area contributed by atoms with Gasteiger partial charge in [0.25, 0.3) is 0 Å². The van der Waals surface area contributed by atoms with Gasteiger partial charge in [-0.05, 0) is 44.4 Å². The van der Waals surface area contributed by atoms with Crippen molar-refractivity contribution in [1.82, 2.24) is 0 Å². The van der Waals surface area contributed by atoms with Gasteiger partial charge in [0.05, 0.1) is 12.7 Å². The predicted octanol–water partition coefficient (Wildman–Crippen LogP) is 2.58. The van der Waals surface area contributed by atoms with Gasteiger partial charge in [-0.15, -0.1) is 0 Å². The molecule has 1 heterocycles. The van der Waals surface area contributed by atoms with Crippen LogP contribution in [-0.4, -0.2) is 31.3 Å². The summed E-state index contributed by atoms with van der Waals surface area (Å²) < 4.78 is 5.67. The quantitative estimate of drug-likeness (QED) is 0.906. The van der Waals surface area contributed by atoms with Crippen LogP contribution < -0.4 is 10.6 Å². The van der Waals surface area contributed by atoms with Crippen molar-refractivity contribution < 1.29 is 4.74 Å². The molecule has 0 aliphatic carbocycles. The summed E-state index contributed by atoms with van der Waals surface area (Å²) in [5, 5.41) is 0. The third kappa shape index (κ3) is 3.71. The third-order valence-electron chi connectivity index (χ3n) is 3.90. The second-order valence-electron chi connectivity index (χ2n) is 5.68. The van der Waals surface area contributed by atoms with Crippen LogP contribution in [0, 0.1) is 0 Å². The zero-order chi connectivity index (χ0) is 13.8. The number of ether oxygens (including phenoxy) is 1. The molecule has 0 amide bonds. The maximum Gasteiger partial charge on any atom is 0.0723 e. The monoisotopic (exact) mass is 262 g/mol. The molecule has 2 N–H and O–H groups in total. The summed E-state index contributed by atoms with van der Waals surface area (Å²) in [5.41, 5.74) is 8.61. The average Bonchev–Trinajstić information content (AvgIpc) is 2.42. The second-order valence-corrected chi connectivity index (χ2v) is 5.68. The Morgan fingerprint density at radius 3 is 2.63 bits per heavy atom. The topological polar surface area (TPSA) is 38.5 Å². The lowest BCUT2D eigenvalue weighted by Crippen LogP contribution is -2.47. The van der Waals surface area contributed by atoms with E-state index in [4.69, 9.17) is 10.5 Å². The van der Waals surface area contributed by atoms with E-state index in [0.29, 0.717) is 12.1 Å². The normalized spacial score (nSPS) is 25.4. The van der Waals surface area contributed by atoms with E-state index in [2.05, 4.69) is 49.9 Å². The number of anilines is 1. The molecule has 2 rings (SSSR count). The van der Waals surface area contributed by atoms with Gasteiger partial charge in [0, 0.05) is 24.3 Å². The van der Waals surface area contributed by atoms with Crippen LogP contribution in [0.25, 0.3) is 0 Å². The first-order valence-electron chi connectivity index (χ1n) is 7.33. The van der Waals surface area contributed by atoms with Crippen LogP contribution in [0.4, 0.5) is 5.69 Å². The van der Waals surface area contributed by atoms with Crippen LogP contribution >= 0.6 is 0 Å². The minimum absolute atomic E-state index is 0.271. The number of rotatable bonds is 4. The highest BCUT2D eigenvalue weighted by atomic mass is 16.5. The average molecular weight is 262 g/mol. The van der Waals surface area contributed by atoms with Crippen molar-refractivity contribution in [3.05, 3.63) is 29.8 Å². The van der Waals surface area contributed by atoms with Crippen LogP contribution in [0.1, 0.15) is 32.8 Å². The summed E-state index contributed by atoms with van der Waals surface area (Å²) in [6, 6.07) is 9.56. The lowest BCUT2D eigenvalue weighted by Gasteiger charge is -2.38. The zero-order valence-electron chi connectivity index (χ0n) is 12.3. The van der Waals surface area contributed by atoms with Crippen LogP contribution in [-0.2, 0) is 11.2 Å². The Balaban J connectivity index is 2.04. The number of benzene rings is 1. The maximum atomic E-state index is 6.00. The molecule has 1 fully saturated rings. The fourth-order valence-corrected chi connectivity index (χ4v) is 2.53. The van der Waals surface area contributed by atoms with Crippen molar-refractivity contribution in [3.63, 3.8) is 0 Å². The first kappa shape index (κ1) is 14.4. The molecule has 1 saturated heterocycles. The highest BCUT2D eigenvalue weighted by Gasteiger charge is 2.23. The number of hydrogen-bond donors (Lipinski definition) is 1. The molecule has 0 aromatic heterocycles. The number of nitrogens with two attached hydrogens (primary N) is 1. The van der Waals surface area contributed by atoms with Gasteiger partial charge in [-0.1, -0.05) is 19.1 Å². The molecule has 106 valence electrons. The molecule has 0 bridgehead atoms. The predicted molar refractivity (Wildman–Crippen MR) is 80.6 cm³/mol. The maximum absolute atomic E-state index is 6.00. The Morgan fingerprint density at radius 2 is 2.00 bits per heavy atom. The number of hydrogen-bond acceptors (Lipinski definition) is 3. The van der Waals surface area contributed by atoms with E-state index >= 15 is 0 Å². The van der Waals surface area contributed by atoms with Gasteiger partial charge in [-0.2, -0.15) is 0 Å². The molecule has 3 nitrogen and oxygen atoms in total. The molecule has 3 atom stereocenters. The lowest BCUT2D eigenvalue weighted by molar-refractivity contribution is 0.0344. The van der Waals surface area contributed by atoms with Crippen molar-refractivity contribution in [2.45, 2.75) is 51.8 Å². The second kappa shape index (κ2) is 6.40. The Labute approximate surface area is 116 Å². The van der Waals surface area contributed by atoms with E-state index in [1.807, 2.05) is 0 Å². The van der Waals surface area contributed by atoms with E-state index in [1.165, 1.54) is 11.3 Å². The van der Waals surface area contributed by atoms with E-state index in [9.17, 15) is 0 Å². The Morgan fingerprint density at radius 1 is 1.32 bits per heavy atom. The van der Waals surface area contributed by atoms with Crippen LogP contribution in [0.3, 0.4) is 0 Å². The van der Waals surface area contributed by atoms with Gasteiger partial charge in [0.15, 0.2) is 0 Å². The molecule has 1 aliphatic rings. The van der Waals surface area contributed by atoms with Crippen molar-refractivity contribution in [1.29, 1.82) is 0 Å². The third-order valence-corrected chi connectivity index (χ3v) is 3.90. The Kier molecular flexibility index (Phi) is 4.83. The van der Waals surface area contributed by atoms with E-state index in [-0.39, 0.29) is 6.04 Å². The SMILES string of the molecule is CCC(N)Cc1ccc(N2CC(C)OCC2C)cc1. The fraction of sp³-hybridized carbons (Fsp3) is 0.625. The van der Waals surface area contributed by atoms with Crippen molar-refractivity contribution in [3.8, 4) is 0 Å². The summed E-state index contributed by atoms with van der Waals surface area (Å²) >= 11 is 0. The van der Waals surface area contributed by atoms with Crippen LogP contribution in [0.5, 0.6) is 0 Å². The standard InChI is InChI=1S/C16H26N2O/c1-4-15(17)9-14-5-7-16(8-6-14)18-10-13(3)19-11-12(18)2/h5-8,12-13,15H,4,9-11,17H2,1-3H3. The summed E-state index contributed by atoms with van der Waals surface area (Å²) in [4.78, 5) is 2.43. The molecular weight excluding hydrogens is 236 g/mol. The van der Waals surface area contributed by atoms with Crippen molar-refractivity contribution >= 4 is 5.69 Å². The largest absolute Gasteiger partial charge is 0.375 e. The van der Waals surface area contributed by atoms with Crippen LogP contribution in [0.2, 0.25) is 0 Å². The molecule has 1 aromatic rings. The van der Waals surface area contributed by atoms with Crippen molar-refractivity contribution in [2.75, 3.05) is 18.1 Å². The first-order chi connectivity index (χ1) is 9.10. The molecule has 1 aliphatic heterocycles. The zero-order valence-corrected chi connectivity index (χ0v) is 12.3. The molecule has 0 saturated carbocycles. The van der Waals surface area contributed by atoms with E-state index < -0.39 is 0 Å². The summed E-state index contributed by atoms with van der Waals surface area (Å²) in [5.74, 6) is 0. The fourth-order valence-electron chi connectivity index (χ4n) is 2.53. The summed E-state index contributed by atoms with van der Waals surface area (Å²) in [6.07, 6.45) is 2.30.